The van der Waals surface area contributed by atoms with Crippen LogP contribution >= 0.6 is 11.6 Å². The number of aryl methyl sites for hydroxylation is 1. The van der Waals surface area contributed by atoms with Gasteiger partial charge in [-0.1, -0.05) is 17.7 Å². The fraction of sp³-hybridized carbons (Fsp3) is 0.273. The molecule has 2 amide bonds. The van der Waals surface area contributed by atoms with E-state index in [0.29, 0.717) is 10.7 Å². The van der Waals surface area contributed by atoms with Crippen molar-refractivity contribution in [2.24, 2.45) is 0 Å². The maximum Gasteiger partial charge on any atom is 0.325 e. The number of benzene rings is 1. The smallest absolute Gasteiger partial charge is 0.325 e. The summed E-state index contributed by atoms with van der Waals surface area (Å²) in [6.07, 6.45) is 0. The molecule has 17 heavy (non-hydrogen) atoms. The first-order chi connectivity index (χ1) is 7.90. The molecular formula is C11H13ClN2O3. The van der Waals surface area contributed by atoms with Crippen LogP contribution in [-0.4, -0.2) is 23.1 Å². The minimum Gasteiger partial charge on any atom is -0.480 e. The van der Waals surface area contributed by atoms with Gasteiger partial charge in [0.1, 0.15) is 6.04 Å². The van der Waals surface area contributed by atoms with Crippen molar-refractivity contribution < 1.29 is 14.7 Å². The van der Waals surface area contributed by atoms with Gasteiger partial charge in [-0.3, -0.25) is 4.79 Å². The van der Waals surface area contributed by atoms with Gasteiger partial charge in [0.25, 0.3) is 0 Å². The van der Waals surface area contributed by atoms with Gasteiger partial charge >= 0.3 is 12.0 Å². The Morgan fingerprint density at radius 2 is 2.06 bits per heavy atom. The number of carboxylic acids is 1. The Labute approximate surface area is 104 Å². The maximum atomic E-state index is 11.4. The van der Waals surface area contributed by atoms with Crippen LogP contribution in [0.5, 0.6) is 0 Å². The molecular weight excluding hydrogens is 244 g/mol. The number of rotatable bonds is 3. The van der Waals surface area contributed by atoms with Crippen LogP contribution in [0.4, 0.5) is 10.5 Å². The second-order valence-electron chi connectivity index (χ2n) is 3.62. The first-order valence-electron chi connectivity index (χ1n) is 4.96. The third-order valence-electron chi connectivity index (χ3n) is 2.15. The standard InChI is InChI=1S/C11H13ClN2O3/c1-6-3-4-8(5-9(6)12)14-11(17)13-7(2)10(15)16/h3-5,7H,1-2H3,(H,15,16)(H2,13,14,17). The van der Waals surface area contributed by atoms with E-state index in [1.807, 2.05) is 6.92 Å². The van der Waals surface area contributed by atoms with Crippen molar-refractivity contribution in [2.75, 3.05) is 5.32 Å². The van der Waals surface area contributed by atoms with E-state index in [4.69, 9.17) is 16.7 Å². The lowest BCUT2D eigenvalue weighted by Gasteiger charge is -2.11. The van der Waals surface area contributed by atoms with Gasteiger partial charge in [-0.2, -0.15) is 0 Å². The molecule has 3 N–H and O–H groups in total. The Balaban J connectivity index is 2.62. The van der Waals surface area contributed by atoms with E-state index in [1.165, 1.54) is 6.92 Å². The number of carboxylic acid groups (broad SMARTS) is 1. The lowest BCUT2D eigenvalue weighted by atomic mass is 10.2. The van der Waals surface area contributed by atoms with Gasteiger partial charge < -0.3 is 15.7 Å². The molecule has 0 saturated carbocycles. The van der Waals surface area contributed by atoms with Crippen LogP contribution in [0.3, 0.4) is 0 Å². The van der Waals surface area contributed by atoms with Crippen LogP contribution in [0.15, 0.2) is 18.2 Å². The van der Waals surface area contributed by atoms with Gasteiger partial charge in [0.05, 0.1) is 0 Å². The van der Waals surface area contributed by atoms with Crippen LogP contribution in [0.2, 0.25) is 5.02 Å². The van der Waals surface area contributed by atoms with E-state index < -0.39 is 18.0 Å². The van der Waals surface area contributed by atoms with Crippen molar-refractivity contribution in [1.82, 2.24) is 5.32 Å². The molecule has 1 aromatic carbocycles. The van der Waals surface area contributed by atoms with Crippen LogP contribution in [0, 0.1) is 6.92 Å². The highest BCUT2D eigenvalue weighted by atomic mass is 35.5. The third kappa shape index (κ3) is 3.96. The zero-order valence-electron chi connectivity index (χ0n) is 9.45. The predicted molar refractivity (Wildman–Crippen MR) is 65.4 cm³/mol. The summed E-state index contributed by atoms with van der Waals surface area (Å²) in [5.41, 5.74) is 1.41. The summed E-state index contributed by atoms with van der Waals surface area (Å²) in [5.74, 6) is -1.10. The summed E-state index contributed by atoms with van der Waals surface area (Å²) < 4.78 is 0. The van der Waals surface area contributed by atoms with E-state index in [0.717, 1.165) is 5.56 Å². The highest BCUT2D eigenvalue weighted by Gasteiger charge is 2.13. The van der Waals surface area contributed by atoms with E-state index >= 15 is 0 Å². The Hall–Kier alpha value is -1.75. The summed E-state index contributed by atoms with van der Waals surface area (Å²) in [6.45, 7) is 3.22. The number of aliphatic carboxylic acids is 1. The second kappa shape index (κ2) is 5.54. The molecule has 0 heterocycles. The average Bonchev–Trinajstić information content (AvgIpc) is 2.23. The highest BCUT2D eigenvalue weighted by Crippen LogP contribution is 2.19. The molecule has 0 fully saturated rings. The maximum absolute atomic E-state index is 11.4. The highest BCUT2D eigenvalue weighted by molar-refractivity contribution is 6.31. The molecule has 1 unspecified atom stereocenters. The van der Waals surface area contributed by atoms with Crippen molar-refractivity contribution >= 4 is 29.3 Å². The summed E-state index contributed by atoms with van der Waals surface area (Å²) in [6, 6.07) is 3.52. The predicted octanol–water partition coefficient (Wildman–Crippen LogP) is 2.24. The van der Waals surface area contributed by atoms with E-state index in [2.05, 4.69) is 10.6 Å². The minimum atomic E-state index is -1.10. The molecule has 0 radical (unpaired) electrons. The second-order valence-corrected chi connectivity index (χ2v) is 4.03. The Morgan fingerprint density at radius 1 is 1.41 bits per heavy atom. The molecule has 0 aliphatic heterocycles. The number of hydrogen-bond donors (Lipinski definition) is 3. The lowest BCUT2D eigenvalue weighted by molar-refractivity contribution is -0.138. The van der Waals surface area contributed by atoms with Crippen LogP contribution in [-0.2, 0) is 4.79 Å². The zero-order chi connectivity index (χ0) is 13.0. The van der Waals surface area contributed by atoms with Gasteiger partial charge in [0.15, 0.2) is 0 Å². The molecule has 0 aliphatic carbocycles. The van der Waals surface area contributed by atoms with Crippen molar-refractivity contribution in [1.29, 1.82) is 0 Å². The number of hydrogen-bond acceptors (Lipinski definition) is 2. The molecule has 0 aromatic heterocycles. The summed E-state index contributed by atoms with van der Waals surface area (Å²) in [4.78, 5) is 21.9. The fourth-order valence-corrected chi connectivity index (χ4v) is 1.28. The molecule has 1 atom stereocenters. The molecule has 0 aliphatic rings. The number of halogens is 1. The van der Waals surface area contributed by atoms with Crippen LogP contribution < -0.4 is 10.6 Å². The monoisotopic (exact) mass is 256 g/mol. The van der Waals surface area contributed by atoms with E-state index in [9.17, 15) is 9.59 Å². The SMILES string of the molecule is Cc1ccc(NC(=O)NC(C)C(=O)O)cc1Cl. The number of carbonyl (C=O) groups excluding carboxylic acids is 1. The lowest BCUT2D eigenvalue weighted by Crippen LogP contribution is -2.40. The summed E-state index contributed by atoms with van der Waals surface area (Å²) >= 11 is 5.89. The summed E-state index contributed by atoms with van der Waals surface area (Å²) in [7, 11) is 0. The molecule has 0 saturated heterocycles. The number of nitrogens with one attached hydrogen (secondary N) is 2. The Bertz CT molecular complexity index is 448. The molecule has 1 aromatic rings. The largest absolute Gasteiger partial charge is 0.480 e. The van der Waals surface area contributed by atoms with E-state index in [1.54, 1.807) is 18.2 Å². The van der Waals surface area contributed by atoms with Crippen LogP contribution in [0.25, 0.3) is 0 Å². The number of amides is 2. The molecule has 1 rings (SSSR count). The summed E-state index contributed by atoms with van der Waals surface area (Å²) in [5, 5.41) is 13.9. The average molecular weight is 257 g/mol. The minimum absolute atomic E-state index is 0.510. The molecule has 6 heteroatoms. The third-order valence-corrected chi connectivity index (χ3v) is 2.55. The van der Waals surface area contributed by atoms with Gasteiger partial charge in [0.2, 0.25) is 0 Å². The van der Waals surface area contributed by atoms with Gasteiger partial charge in [0, 0.05) is 10.7 Å². The topological polar surface area (TPSA) is 78.4 Å². The number of anilines is 1. The van der Waals surface area contributed by atoms with Crippen LogP contribution in [0.1, 0.15) is 12.5 Å². The quantitative estimate of drug-likeness (QED) is 0.776. The molecule has 5 nitrogen and oxygen atoms in total. The Kier molecular flexibility index (Phi) is 4.34. The molecule has 0 spiro atoms. The normalized spacial score (nSPS) is 11.7. The number of urea groups is 1. The molecule has 92 valence electrons. The first-order valence-corrected chi connectivity index (χ1v) is 5.34. The van der Waals surface area contributed by atoms with Crippen molar-refractivity contribution in [3.8, 4) is 0 Å². The van der Waals surface area contributed by atoms with Gasteiger partial charge in [-0.15, -0.1) is 0 Å². The zero-order valence-corrected chi connectivity index (χ0v) is 10.2. The van der Waals surface area contributed by atoms with Gasteiger partial charge in [-0.05, 0) is 31.5 Å². The fourth-order valence-electron chi connectivity index (χ4n) is 1.10. The van der Waals surface area contributed by atoms with Gasteiger partial charge in [-0.25, -0.2) is 4.79 Å². The number of carbonyl (C=O) groups is 2. The Morgan fingerprint density at radius 3 is 2.59 bits per heavy atom. The molecule has 0 bridgehead atoms. The first kappa shape index (κ1) is 13.3. The van der Waals surface area contributed by atoms with Crippen molar-refractivity contribution in [2.45, 2.75) is 19.9 Å². The van der Waals surface area contributed by atoms with E-state index in [-0.39, 0.29) is 0 Å². The van der Waals surface area contributed by atoms with Crippen molar-refractivity contribution in [3.63, 3.8) is 0 Å². The van der Waals surface area contributed by atoms with Crippen molar-refractivity contribution in [3.05, 3.63) is 28.8 Å².